The second kappa shape index (κ2) is 8.35. The molecule has 1 saturated heterocycles. The molecule has 0 radical (unpaired) electrons. The predicted molar refractivity (Wildman–Crippen MR) is 85.1 cm³/mol. The molecule has 1 aliphatic heterocycles. The lowest BCUT2D eigenvalue weighted by molar-refractivity contribution is -0.0167. The Morgan fingerprint density at radius 3 is 2.65 bits per heavy atom. The summed E-state index contributed by atoms with van der Waals surface area (Å²) in [5, 5.41) is 3.71. The summed E-state index contributed by atoms with van der Waals surface area (Å²) in [5.41, 5.74) is 0. The first-order valence-corrected chi connectivity index (χ1v) is 8.79. The number of likely N-dealkylation sites (N-methyl/N-ethyl adjacent to an activating group) is 2. The topological polar surface area (TPSA) is 24.5 Å². The van der Waals surface area contributed by atoms with Crippen LogP contribution < -0.4 is 5.32 Å². The third kappa shape index (κ3) is 4.44. The van der Waals surface area contributed by atoms with Crippen LogP contribution in [0.4, 0.5) is 0 Å². The predicted octanol–water partition coefficient (Wildman–Crippen LogP) is 3.04. The molecule has 4 unspecified atom stereocenters. The highest BCUT2D eigenvalue weighted by molar-refractivity contribution is 4.90. The standard InChI is InChI=1S/C17H34N2O/c1-4-14-9-10-16(18-5-2)17(12-14)19(3)13-15-8-6-7-11-20-15/h14-18H,4-13H2,1-3H3. The molecule has 0 spiro atoms. The first-order chi connectivity index (χ1) is 9.74. The molecule has 4 atom stereocenters. The van der Waals surface area contributed by atoms with E-state index in [1.54, 1.807) is 0 Å². The molecule has 3 heteroatoms. The Bertz CT molecular complexity index is 266. The number of nitrogens with one attached hydrogen (secondary N) is 1. The van der Waals surface area contributed by atoms with Crippen molar-refractivity contribution in [3.8, 4) is 0 Å². The fourth-order valence-electron chi connectivity index (χ4n) is 4.00. The Labute approximate surface area is 125 Å². The zero-order valence-electron chi connectivity index (χ0n) is 13.7. The monoisotopic (exact) mass is 282 g/mol. The molecular formula is C17H34N2O. The van der Waals surface area contributed by atoms with E-state index in [-0.39, 0.29) is 0 Å². The van der Waals surface area contributed by atoms with Crippen LogP contribution in [0.3, 0.4) is 0 Å². The van der Waals surface area contributed by atoms with Gasteiger partial charge in [0.25, 0.3) is 0 Å². The Morgan fingerprint density at radius 2 is 2.00 bits per heavy atom. The summed E-state index contributed by atoms with van der Waals surface area (Å²) in [4.78, 5) is 2.59. The molecular weight excluding hydrogens is 248 g/mol. The van der Waals surface area contributed by atoms with Crippen LogP contribution in [0.1, 0.15) is 58.8 Å². The van der Waals surface area contributed by atoms with Gasteiger partial charge in [-0.2, -0.15) is 0 Å². The number of hydrogen-bond acceptors (Lipinski definition) is 3. The van der Waals surface area contributed by atoms with Gasteiger partial charge in [0.05, 0.1) is 6.10 Å². The fraction of sp³-hybridized carbons (Fsp3) is 1.00. The summed E-state index contributed by atoms with van der Waals surface area (Å²) in [6, 6.07) is 1.37. The summed E-state index contributed by atoms with van der Waals surface area (Å²) in [7, 11) is 2.31. The van der Waals surface area contributed by atoms with E-state index in [0.29, 0.717) is 18.2 Å². The third-order valence-electron chi connectivity index (χ3n) is 5.30. The Morgan fingerprint density at radius 1 is 1.15 bits per heavy atom. The number of rotatable bonds is 6. The van der Waals surface area contributed by atoms with Gasteiger partial charge in [-0.15, -0.1) is 0 Å². The van der Waals surface area contributed by atoms with Crippen LogP contribution in [-0.4, -0.2) is 49.8 Å². The quantitative estimate of drug-likeness (QED) is 0.810. The molecule has 1 N–H and O–H groups in total. The van der Waals surface area contributed by atoms with Gasteiger partial charge in [0, 0.05) is 25.2 Å². The molecule has 1 saturated carbocycles. The molecule has 1 aliphatic carbocycles. The summed E-state index contributed by atoms with van der Waals surface area (Å²) < 4.78 is 5.93. The third-order valence-corrected chi connectivity index (χ3v) is 5.30. The smallest absolute Gasteiger partial charge is 0.0702 e. The van der Waals surface area contributed by atoms with Crippen LogP contribution >= 0.6 is 0 Å². The van der Waals surface area contributed by atoms with Crippen LogP contribution in [0.5, 0.6) is 0 Å². The molecule has 0 aromatic heterocycles. The van der Waals surface area contributed by atoms with Crippen LogP contribution in [0.2, 0.25) is 0 Å². The molecule has 2 fully saturated rings. The van der Waals surface area contributed by atoms with Crippen LogP contribution in [0, 0.1) is 5.92 Å². The van der Waals surface area contributed by atoms with Gasteiger partial charge in [0.2, 0.25) is 0 Å². The molecule has 0 amide bonds. The summed E-state index contributed by atoms with van der Waals surface area (Å²) in [6.07, 6.45) is 9.75. The van der Waals surface area contributed by atoms with Gasteiger partial charge in [-0.3, -0.25) is 4.90 Å². The largest absolute Gasteiger partial charge is 0.377 e. The van der Waals surface area contributed by atoms with Crippen molar-refractivity contribution >= 4 is 0 Å². The number of nitrogens with zero attached hydrogens (tertiary/aromatic N) is 1. The molecule has 0 bridgehead atoms. The SMILES string of the molecule is CCNC1CCC(CC)CC1N(C)CC1CCCCO1. The van der Waals surface area contributed by atoms with Crippen LogP contribution in [0.15, 0.2) is 0 Å². The van der Waals surface area contributed by atoms with E-state index < -0.39 is 0 Å². The average molecular weight is 282 g/mol. The normalized spacial score (nSPS) is 35.4. The van der Waals surface area contributed by atoms with Crippen molar-refractivity contribution in [1.29, 1.82) is 0 Å². The number of hydrogen-bond donors (Lipinski definition) is 1. The van der Waals surface area contributed by atoms with Gasteiger partial charge in [-0.25, -0.2) is 0 Å². The van der Waals surface area contributed by atoms with Crippen molar-refractivity contribution in [2.24, 2.45) is 5.92 Å². The maximum absolute atomic E-state index is 5.93. The van der Waals surface area contributed by atoms with Gasteiger partial charge >= 0.3 is 0 Å². The summed E-state index contributed by atoms with van der Waals surface area (Å²) >= 11 is 0. The highest BCUT2D eigenvalue weighted by Gasteiger charge is 2.32. The van der Waals surface area contributed by atoms with Crippen molar-refractivity contribution in [2.45, 2.75) is 77.0 Å². The second-order valence-electron chi connectivity index (χ2n) is 6.75. The van der Waals surface area contributed by atoms with Gasteiger partial charge in [0.15, 0.2) is 0 Å². The van der Waals surface area contributed by atoms with Gasteiger partial charge in [-0.1, -0.05) is 20.3 Å². The zero-order chi connectivity index (χ0) is 14.4. The van der Waals surface area contributed by atoms with E-state index in [2.05, 4.69) is 31.1 Å². The highest BCUT2D eigenvalue weighted by Crippen LogP contribution is 2.30. The average Bonchev–Trinajstić information content (AvgIpc) is 2.49. The van der Waals surface area contributed by atoms with Crippen molar-refractivity contribution in [1.82, 2.24) is 10.2 Å². The minimum absolute atomic E-state index is 0.470. The second-order valence-corrected chi connectivity index (χ2v) is 6.75. The number of ether oxygens (including phenoxy) is 1. The van der Waals surface area contributed by atoms with E-state index in [1.807, 2.05) is 0 Å². The van der Waals surface area contributed by atoms with E-state index in [0.717, 1.165) is 25.6 Å². The first-order valence-electron chi connectivity index (χ1n) is 8.79. The highest BCUT2D eigenvalue weighted by atomic mass is 16.5. The minimum atomic E-state index is 0.470. The minimum Gasteiger partial charge on any atom is -0.377 e. The maximum atomic E-state index is 5.93. The van der Waals surface area contributed by atoms with Gasteiger partial charge < -0.3 is 10.1 Å². The van der Waals surface area contributed by atoms with E-state index in [4.69, 9.17) is 4.74 Å². The molecule has 3 nitrogen and oxygen atoms in total. The fourth-order valence-corrected chi connectivity index (χ4v) is 4.00. The molecule has 2 rings (SSSR count). The molecule has 2 aliphatic rings. The van der Waals surface area contributed by atoms with Crippen LogP contribution in [0.25, 0.3) is 0 Å². The zero-order valence-corrected chi connectivity index (χ0v) is 13.7. The Balaban J connectivity index is 1.89. The van der Waals surface area contributed by atoms with Crippen LogP contribution in [-0.2, 0) is 4.74 Å². The molecule has 20 heavy (non-hydrogen) atoms. The van der Waals surface area contributed by atoms with E-state index >= 15 is 0 Å². The van der Waals surface area contributed by atoms with E-state index in [9.17, 15) is 0 Å². The molecule has 118 valence electrons. The van der Waals surface area contributed by atoms with Crippen molar-refractivity contribution < 1.29 is 4.74 Å². The molecule has 1 heterocycles. The van der Waals surface area contributed by atoms with Crippen molar-refractivity contribution in [2.75, 3.05) is 26.7 Å². The van der Waals surface area contributed by atoms with Gasteiger partial charge in [0.1, 0.15) is 0 Å². The van der Waals surface area contributed by atoms with Gasteiger partial charge in [-0.05, 0) is 58.0 Å². The lowest BCUT2D eigenvalue weighted by Gasteiger charge is -2.42. The van der Waals surface area contributed by atoms with Crippen molar-refractivity contribution in [3.63, 3.8) is 0 Å². The summed E-state index contributed by atoms with van der Waals surface area (Å²) in [5.74, 6) is 0.921. The maximum Gasteiger partial charge on any atom is 0.0702 e. The summed E-state index contributed by atoms with van der Waals surface area (Å²) in [6.45, 7) is 7.75. The molecule has 0 aromatic rings. The Kier molecular flexibility index (Phi) is 6.79. The van der Waals surface area contributed by atoms with Crippen molar-refractivity contribution in [3.05, 3.63) is 0 Å². The Hall–Kier alpha value is -0.120. The first kappa shape index (κ1) is 16.3. The molecule has 0 aromatic carbocycles. The lowest BCUT2D eigenvalue weighted by atomic mass is 9.80. The van der Waals surface area contributed by atoms with E-state index in [1.165, 1.54) is 44.9 Å². The lowest BCUT2D eigenvalue weighted by Crippen LogP contribution is -2.53.